The van der Waals surface area contributed by atoms with Crippen LogP contribution in [0, 0.1) is 5.82 Å². The van der Waals surface area contributed by atoms with E-state index in [0.29, 0.717) is 0 Å². The minimum Gasteiger partial charge on any atom is -0.503 e. The minimum atomic E-state index is -1.06. The van der Waals surface area contributed by atoms with Gasteiger partial charge in [0.2, 0.25) is 0 Å². The van der Waals surface area contributed by atoms with Gasteiger partial charge < -0.3 is 25.4 Å². The molecular formula is C11H14FNO5. The summed E-state index contributed by atoms with van der Waals surface area (Å²) in [6, 6.07) is 2.03. The molecule has 18 heavy (non-hydrogen) atoms. The third-order valence-electron chi connectivity index (χ3n) is 2.22. The maximum Gasteiger partial charge on any atom is 0.338 e. The monoisotopic (exact) mass is 259 g/mol. The molecule has 0 bridgehead atoms. The van der Waals surface area contributed by atoms with Crippen LogP contribution in [0.3, 0.4) is 0 Å². The second kappa shape index (κ2) is 6.18. The number of hydrogen-bond donors (Lipinski definition) is 4. The van der Waals surface area contributed by atoms with Gasteiger partial charge in [0.15, 0.2) is 11.6 Å². The number of ether oxygens (including phenoxy) is 1. The summed E-state index contributed by atoms with van der Waals surface area (Å²) < 4.78 is 17.8. The van der Waals surface area contributed by atoms with E-state index in [1.807, 2.05) is 0 Å². The number of phenols is 1. The van der Waals surface area contributed by atoms with Crippen LogP contribution < -0.4 is 5.32 Å². The second-order valence-corrected chi connectivity index (χ2v) is 3.56. The zero-order valence-corrected chi connectivity index (χ0v) is 9.68. The third-order valence-corrected chi connectivity index (χ3v) is 2.22. The van der Waals surface area contributed by atoms with Crippen LogP contribution in [0.5, 0.6) is 5.75 Å². The molecule has 0 saturated carbocycles. The van der Waals surface area contributed by atoms with E-state index in [0.717, 1.165) is 13.2 Å². The molecule has 1 aromatic rings. The summed E-state index contributed by atoms with van der Waals surface area (Å²) in [6.45, 7) is -0.582. The van der Waals surface area contributed by atoms with E-state index in [2.05, 4.69) is 10.1 Å². The molecule has 0 heterocycles. The van der Waals surface area contributed by atoms with Crippen molar-refractivity contribution in [3.63, 3.8) is 0 Å². The molecule has 0 saturated heterocycles. The van der Waals surface area contributed by atoms with E-state index < -0.39 is 30.2 Å². The maximum atomic E-state index is 13.3. The van der Waals surface area contributed by atoms with E-state index in [1.165, 1.54) is 6.07 Å². The van der Waals surface area contributed by atoms with Crippen LogP contribution in [-0.2, 0) is 4.74 Å². The summed E-state index contributed by atoms with van der Waals surface area (Å²) in [5, 5.41) is 29.7. The molecule has 0 aromatic heterocycles. The van der Waals surface area contributed by atoms with Crippen molar-refractivity contribution in [2.24, 2.45) is 0 Å². The van der Waals surface area contributed by atoms with Crippen LogP contribution in [-0.4, -0.2) is 47.7 Å². The van der Waals surface area contributed by atoms with Crippen molar-refractivity contribution in [3.05, 3.63) is 23.5 Å². The normalized spacial score (nSPS) is 12.0. The van der Waals surface area contributed by atoms with Crippen molar-refractivity contribution in [1.29, 1.82) is 0 Å². The molecule has 6 nitrogen and oxygen atoms in total. The van der Waals surface area contributed by atoms with E-state index >= 15 is 0 Å². The van der Waals surface area contributed by atoms with Gasteiger partial charge in [-0.15, -0.1) is 0 Å². The predicted molar refractivity (Wildman–Crippen MR) is 61.0 cm³/mol. The van der Waals surface area contributed by atoms with Crippen LogP contribution >= 0.6 is 0 Å². The number of phenolic OH excluding ortho intramolecular Hbond substituents is 1. The van der Waals surface area contributed by atoms with Gasteiger partial charge in [0.25, 0.3) is 0 Å². The Morgan fingerprint density at radius 1 is 1.56 bits per heavy atom. The number of rotatable bonds is 5. The van der Waals surface area contributed by atoms with Crippen molar-refractivity contribution >= 4 is 11.7 Å². The Hall–Kier alpha value is -1.86. The van der Waals surface area contributed by atoms with Gasteiger partial charge in [-0.1, -0.05) is 0 Å². The number of methoxy groups -OCH3 is 1. The fourth-order valence-corrected chi connectivity index (χ4v) is 1.26. The number of carbonyl (C=O) groups excluding carboxylic acids is 1. The summed E-state index contributed by atoms with van der Waals surface area (Å²) in [5.74, 6) is -2.41. The lowest BCUT2D eigenvalue weighted by Crippen LogP contribution is -2.23. The van der Waals surface area contributed by atoms with Crippen molar-refractivity contribution in [1.82, 2.24) is 0 Å². The Bertz CT molecular complexity index is 438. The number of anilines is 1. The van der Waals surface area contributed by atoms with Crippen LogP contribution in [0.1, 0.15) is 10.4 Å². The van der Waals surface area contributed by atoms with Gasteiger partial charge in [0, 0.05) is 6.54 Å². The molecule has 0 aliphatic carbocycles. The standard InChI is InChI=1S/C11H14FNO5/c1-18-11(17)6-2-8(12)10(16)9(3-6)13-4-7(15)5-14/h2-3,7,13-16H,4-5H2,1H3. The van der Waals surface area contributed by atoms with Gasteiger partial charge in [-0.05, 0) is 12.1 Å². The Kier molecular flexibility index (Phi) is 4.87. The first-order valence-corrected chi connectivity index (χ1v) is 5.13. The minimum absolute atomic E-state index is 0.0668. The van der Waals surface area contributed by atoms with Gasteiger partial charge in [-0.3, -0.25) is 0 Å². The van der Waals surface area contributed by atoms with Crippen molar-refractivity contribution in [2.45, 2.75) is 6.10 Å². The Morgan fingerprint density at radius 3 is 2.78 bits per heavy atom. The summed E-state index contributed by atoms with van der Waals surface area (Å²) in [4.78, 5) is 11.2. The van der Waals surface area contributed by atoms with Gasteiger partial charge in [0.05, 0.1) is 31.1 Å². The van der Waals surface area contributed by atoms with Crippen LogP contribution in [0.15, 0.2) is 12.1 Å². The number of carbonyl (C=O) groups is 1. The van der Waals surface area contributed by atoms with Crippen molar-refractivity contribution in [2.75, 3.05) is 25.6 Å². The molecule has 1 atom stereocenters. The second-order valence-electron chi connectivity index (χ2n) is 3.56. The highest BCUT2D eigenvalue weighted by atomic mass is 19.1. The summed E-state index contributed by atoms with van der Waals surface area (Å²) in [5.41, 5.74) is -0.142. The topological polar surface area (TPSA) is 99.0 Å². The molecule has 100 valence electrons. The molecule has 1 aromatic carbocycles. The largest absolute Gasteiger partial charge is 0.503 e. The smallest absolute Gasteiger partial charge is 0.338 e. The highest BCUT2D eigenvalue weighted by molar-refractivity contribution is 5.91. The first-order chi connectivity index (χ1) is 8.49. The Labute approximate surface area is 103 Å². The van der Waals surface area contributed by atoms with Gasteiger partial charge >= 0.3 is 5.97 Å². The predicted octanol–water partition coefficient (Wildman–Crippen LogP) is 0.0830. The van der Waals surface area contributed by atoms with Crippen molar-refractivity contribution in [3.8, 4) is 5.75 Å². The number of aliphatic hydroxyl groups is 2. The Balaban J connectivity index is 2.95. The van der Waals surface area contributed by atoms with Gasteiger partial charge in [-0.2, -0.15) is 0 Å². The van der Waals surface area contributed by atoms with E-state index in [-0.39, 0.29) is 17.8 Å². The van der Waals surface area contributed by atoms with E-state index in [9.17, 15) is 14.3 Å². The molecule has 4 N–H and O–H groups in total. The molecule has 0 fully saturated rings. The highest BCUT2D eigenvalue weighted by Crippen LogP contribution is 2.28. The Morgan fingerprint density at radius 2 is 2.22 bits per heavy atom. The quantitative estimate of drug-likeness (QED) is 0.441. The summed E-state index contributed by atoms with van der Waals surface area (Å²) >= 11 is 0. The first-order valence-electron chi connectivity index (χ1n) is 5.13. The lowest BCUT2D eigenvalue weighted by Gasteiger charge is -2.13. The number of aromatic hydroxyl groups is 1. The SMILES string of the molecule is COC(=O)c1cc(F)c(O)c(NCC(O)CO)c1. The first kappa shape index (κ1) is 14.2. The molecule has 0 spiro atoms. The summed E-state index contributed by atoms with van der Waals surface area (Å²) in [6.07, 6.45) is -1.06. The molecule has 0 radical (unpaired) electrons. The maximum absolute atomic E-state index is 13.3. The van der Waals surface area contributed by atoms with Crippen LogP contribution in [0.2, 0.25) is 0 Å². The molecule has 1 unspecified atom stereocenters. The number of benzene rings is 1. The third kappa shape index (κ3) is 3.31. The van der Waals surface area contributed by atoms with Crippen molar-refractivity contribution < 1.29 is 29.2 Å². The molecule has 7 heteroatoms. The van der Waals surface area contributed by atoms with Gasteiger partial charge in [-0.25, -0.2) is 9.18 Å². The van der Waals surface area contributed by atoms with Gasteiger partial charge in [0.1, 0.15) is 0 Å². The molecule has 0 amide bonds. The number of aliphatic hydroxyl groups excluding tert-OH is 2. The fraction of sp³-hybridized carbons (Fsp3) is 0.364. The number of hydrogen-bond acceptors (Lipinski definition) is 6. The number of nitrogens with one attached hydrogen (secondary N) is 1. The molecule has 0 aliphatic heterocycles. The number of halogens is 1. The number of esters is 1. The molecule has 0 aliphatic rings. The molecule has 1 rings (SSSR count). The lowest BCUT2D eigenvalue weighted by molar-refractivity contribution is 0.0600. The lowest BCUT2D eigenvalue weighted by atomic mass is 10.1. The van der Waals surface area contributed by atoms with E-state index in [4.69, 9.17) is 10.2 Å². The van der Waals surface area contributed by atoms with E-state index in [1.54, 1.807) is 0 Å². The zero-order chi connectivity index (χ0) is 13.7. The zero-order valence-electron chi connectivity index (χ0n) is 9.68. The summed E-state index contributed by atoms with van der Waals surface area (Å²) in [7, 11) is 1.15. The average molecular weight is 259 g/mol. The van der Waals surface area contributed by atoms with Crippen LogP contribution in [0.4, 0.5) is 10.1 Å². The average Bonchev–Trinajstić information content (AvgIpc) is 2.38. The molecular weight excluding hydrogens is 245 g/mol. The fourth-order valence-electron chi connectivity index (χ4n) is 1.26. The van der Waals surface area contributed by atoms with Crippen LogP contribution in [0.25, 0.3) is 0 Å². The highest BCUT2D eigenvalue weighted by Gasteiger charge is 2.15.